The molecule has 1 rings (SSSR count). The number of carboxylic acids is 1. The molecule has 1 heterocycles. The third-order valence-electron chi connectivity index (χ3n) is 2.74. The van der Waals surface area contributed by atoms with E-state index < -0.39 is 12.0 Å². The van der Waals surface area contributed by atoms with Crippen molar-refractivity contribution >= 4 is 23.2 Å². The van der Waals surface area contributed by atoms with Gasteiger partial charge in [0.05, 0.1) is 5.56 Å². The van der Waals surface area contributed by atoms with Gasteiger partial charge < -0.3 is 15.2 Å². The number of hydrogen-bond donors (Lipinski definition) is 2. The number of thiophene rings is 1. The molecule has 0 radical (unpaired) electrons. The number of rotatable bonds is 6. The molecular formula is C12H17NO4S. The molecule has 1 aromatic rings. The maximum atomic E-state index is 11.9. The Bertz CT molecular complexity index is 441. The van der Waals surface area contributed by atoms with Gasteiger partial charge in [0.15, 0.2) is 0 Å². The van der Waals surface area contributed by atoms with E-state index in [2.05, 4.69) is 5.32 Å². The van der Waals surface area contributed by atoms with Crippen LogP contribution in [-0.2, 0) is 9.53 Å². The lowest BCUT2D eigenvalue weighted by Gasteiger charge is -2.13. The van der Waals surface area contributed by atoms with Gasteiger partial charge in [-0.2, -0.15) is 0 Å². The first-order valence-electron chi connectivity index (χ1n) is 5.54. The van der Waals surface area contributed by atoms with Crippen LogP contribution in [-0.4, -0.2) is 36.7 Å². The summed E-state index contributed by atoms with van der Waals surface area (Å²) in [6, 6.07) is -0.919. The van der Waals surface area contributed by atoms with Crippen LogP contribution in [0.2, 0.25) is 0 Å². The van der Waals surface area contributed by atoms with E-state index in [0.717, 1.165) is 10.4 Å². The summed E-state index contributed by atoms with van der Waals surface area (Å²) in [4.78, 5) is 24.0. The summed E-state index contributed by atoms with van der Waals surface area (Å²) in [5.41, 5.74) is 1.44. The fourth-order valence-electron chi connectivity index (χ4n) is 1.47. The first kappa shape index (κ1) is 14.7. The number of carbonyl (C=O) groups excluding carboxylic acids is 1. The molecule has 5 nitrogen and oxygen atoms in total. The molecule has 0 aliphatic heterocycles. The smallest absolute Gasteiger partial charge is 0.326 e. The average Bonchev–Trinajstić information content (AvgIpc) is 2.65. The summed E-state index contributed by atoms with van der Waals surface area (Å²) in [6.07, 6.45) is 0.250. The van der Waals surface area contributed by atoms with Gasteiger partial charge in [-0.05, 0) is 19.4 Å². The maximum Gasteiger partial charge on any atom is 0.326 e. The van der Waals surface area contributed by atoms with Gasteiger partial charge in [-0.3, -0.25) is 4.79 Å². The minimum atomic E-state index is -1.05. The molecule has 0 aliphatic rings. The minimum absolute atomic E-state index is 0.250. The van der Waals surface area contributed by atoms with Gasteiger partial charge in [-0.15, -0.1) is 11.3 Å². The SMILES string of the molecule is COCCC(NC(=O)c1csc(C)c1C)C(=O)O. The van der Waals surface area contributed by atoms with E-state index >= 15 is 0 Å². The van der Waals surface area contributed by atoms with Gasteiger partial charge in [0.1, 0.15) is 6.04 Å². The maximum absolute atomic E-state index is 11.9. The van der Waals surface area contributed by atoms with Crippen molar-refractivity contribution in [2.24, 2.45) is 0 Å². The summed E-state index contributed by atoms with van der Waals surface area (Å²) in [5, 5.41) is 13.3. The number of carboxylic acid groups (broad SMARTS) is 1. The predicted octanol–water partition coefficient (Wildman–Crippen LogP) is 1.58. The molecule has 0 fully saturated rings. The highest BCUT2D eigenvalue weighted by molar-refractivity contribution is 7.10. The lowest BCUT2D eigenvalue weighted by molar-refractivity contribution is -0.139. The molecule has 1 amide bonds. The molecule has 0 saturated carbocycles. The molecule has 100 valence electrons. The Kier molecular flexibility index (Phi) is 5.30. The zero-order valence-electron chi connectivity index (χ0n) is 10.6. The number of methoxy groups -OCH3 is 1. The first-order chi connectivity index (χ1) is 8.47. The summed E-state index contributed by atoms with van der Waals surface area (Å²) < 4.78 is 4.83. The minimum Gasteiger partial charge on any atom is -0.480 e. The lowest BCUT2D eigenvalue weighted by Crippen LogP contribution is -2.41. The third kappa shape index (κ3) is 3.54. The van der Waals surface area contributed by atoms with Crippen LogP contribution in [0, 0.1) is 13.8 Å². The largest absolute Gasteiger partial charge is 0.480 e. The summed E-state index contributed by atoms with van der Waals surface area (Å²) in [6.45, 7) is 4.07. The molecule has 0 saturated heterocycles. The van der Waals surface area contributed by atoms with Crippen LogP contribution >= 0.6 is 11.3 Å². The molecule has 18 heavy (non-hydrogen) atoms. The number of aryl methyl sites for hydroxylation is 1. The van der Waals surface area contributed by atoms with Crippen LogP contribution in [0.1, 0.15) is 27.2 Å². The number of amides is 1. The van der Waals surface area contributed by atoms with Gasteiger partial charge >= 0.3 is 5.97 Å². The Hall–Kier alpha value is -1.40. The van der Waals surface area contributed by atoms with E-state index in [1.165, 1.54) is 18.4 Å². The predicted molar refractivity (Wildman–Crippen MR) is 69.2 cm³/mol. The quantitative estimate of drug-likeness (QED) is 0.823. The summed E-state index contributed by atoms with van der Waals surface area (Å²) >= 11 is 1.48. The lowest BCUT2D eigenvalue weighted by atomic mass is 10.1. The van der Waals surface area contributed by atoms with Crippen molar-refractivity contribution in [3.05, 3.63) is 21.4 Å². The van der Waals surface area contributed by atoms with Crippen LogP contribution in [0.4, 0.5) is 0 Å². The molecule has 0 aliphatic carbocycles. The highest BCUT2D eigenvalue weighted by Crippen LogP contribution is 2.20. The van der Waals surface area contributed by atoms with E-state index in [0.29, 0.717) is 12.2 Å². The molecule has 1 aromatic heterocycles. The van der Waals surface area contributed by atoms with Crippen LogP contribution in [0.15, 0.2) is 5.38 Å². The molecule has 0 bridgehead atoms. The van der Waals surface area contributed by atoms with E-state index in [9.17, 15) is 9.59 Å². The molecule has 0 spiro atoms. The van der Waals surface area contributed by atoms with Crippen LogP contribution in [0.3, 0.4) is 0 Å². The fraction of sp³-hybridized carbons (Fsp3) is 0.500. The Balaban J connectivity index is 2.72. The fourth-order valence-corrected chi connectivity index (χ4v) is 2.33. The number of hydrogen-bond acceptors (Lipinski definition) is 4. The molecular weight excluding hydrogens is 254 g/mol. The third-order valence-corrected chi connectivity index (χ3v) is 3.76. The van der Waals surface area contributed by atoms with Crippen LogP contribution in [0.25, 0.3) is 0 Å². The number of aliphatic carboxylic acids is 1. The monoisotopic (exact) mass is 271 g/mol. The second-order valence-electron chi connectivity index (χ2n) is 3.98. The molecule has 2 N–H and O–H groups in total. The van der Waals surface area contributed by atoms with Crippen LogP contribution < -0.4 is 5.32 Å². The van der Waals surface area contributed by atoms with E-state index in [-0.39, 0.29) is 12.3 Å². The molecule has 6 heteroatoms. The second kappa shape index (κ2) is 6.51. The number of ether oxygens (including phenoxy) is 1. The van der Waals surface area contributed by atoms with E-state index in [4.69, 9.17) is 9.84 Å². The van der Waals surface area contributed by atoms with E-state index in [1.807, 2.05) is 13.8 Å². The normalized spacial score (nSPS) is 12.2. The van der Waals surface area contributed by atoms with Gasteiger partial charge in [0.2, 0.25) is 0 Å². The van der Waals surface area contributed by atoms with Crippen molar-refractivity contribution in [2.45, 2.75) is 26.3 Å². The van der Waals surface area contributed by atoms with E-state index in [1.54, 1.807) is 5.38 Å². The summed E-state index contributed by atoms with van der Waals surface area (Å²) in [5.74, 6) is -1.40. The van der Waals surface area contributed by atoms with Crippen molar-refractivity contribution in [2.75, 3.05) is 13.7 Å². The van der Waals surface area contributed by atoms with Crippen molar-refractivity contribution in [3.63, 3.8) is 0 Å². The topological polar surface area (TPSA) is 75.6 Å². The van der Waals surface area contributed by atoms with Crippen molar-refractivity contribution in [1.29, 1.82) is 0 Å². The van der Waals surface area contributed by atoms with Crippen molar-refractivity contribution < 1.29 is 19.4 Å². The van der Waals surface area contributed by atoms with Crippen molar-refractivity contribution in [1.82, 2.24) is 5.32 Å². The van der Waals surface area contributed by atoms with Gasteiger partial charge in [0.25, 0.3) is 5.91 Å². The second-order valence-corrected chi connectivity index (χ2v) is 5.06. The van der Waals surface area contributed by atoms with Crippen molar-refractivity contribution in [3.8, 4) is 0 Å². The molecule has 1 atom stereocenters. The number of nitrogens with one attached hydrogen (secondary N) is 1. The molecule has 0 aromatic carbocycles. The van der Waals surface area contributed by atoms with Gasteiger partial charge in [-0.1, -0.05) is 0 Å². The highest BCUT2D eigenvalue weighted by atomic mass is 32.1. The number of carbonyl (C=O) groups is 2. The summed E-state index contributed by atoms with van der Waals surface area (Å²) in [7, 11) is 1.49. The Labute approximate surface area is 110 Å². The molecule has 1 unspecified atom stereocenters. The average molecular weight is 271 g/mol. The zero-order valence-corrected chi connectivity index (χ0v) is 11.5. The first-order valence-corrected chi connectivity index (χ1v) is 6.42. The van der Waals surface area contributed by atoms with Gasteiger partial charge in [0, 0.05) is 30.4 Å². The van der Waals surface area contributed by atoms with Crippen LogP contribution in [0.5, 0.6) is 0 Å². The standard InChI is InChI=1S/C12H17NO4S/c1-7-8(2)18-6-9(7)11(14)13-10(12(15)16)4-5-17-3/h6,10H,4-5H2,1-3H3,(H,13,14)(H,15,16). The Morgan fingerprint density at radius 2 is 2.17 bits per heavy atom. The van der Waals surface area contributed by atoms with Gasteiger partial charge in [-0.25, -0.2) is 4.79 Å². The Morgan fingerprint density at radius 3 is 2.61 bits per heavy atom. The highest BCUT2D eigenvalue weighted by Gasteiger charge is 2.21. The Morgan fingerprint density at radius 1 is 1.50 bits per heavy atom. The zero-order chi connectivity index (χ0) is 13.7.